The summed E-state index contributed by atoms with van der Waals surface area (Å²) in [5.41, 5.74) is -2.24. The molecular formula is C16H17ClO4. The van der Waals surface area contributed by atoms with Gasteiger partial charge in [-0.05, 0) is 39.8 Å². The van der Waals surface area contributed by atoms with Gasteiger partial charge >= 0.3 is 11.9 Å². The molecule has 2 fully saturated rings. The second kappa shape index (κ2) is 4.01. The maximum Gasteiger partial charge on any atom is 0.316 e. The van der Waals surface area contributed by atoms with Gasteiger partial charge in [0.2, 0.25) is 0 Å². The molecule has 0 amide bonds. The number of benzene rings is 1. The predicted molar refractivity (Wildman–Crippen MR) is 76.7 cm³/mol. The molecule has 21 heavy (non-hydrogen) atoms. The molecule has 1 aromatic rings. The molecule has 1 aromatic carbocycles. The third kappa shape index (κ3) is 1.57. The molecule has 0 spiro atoms. The molecule has 112 valence electrons. The Morgan fingerprint density at radius 1 is 1.00 bits per heavy atom. The van der Waals surface area contributed by atoms with E-state index < -0.39 is 22.5 Å². The molecule has 0 saturated carbocycles. The van der Waals surface area contributed by atoms with Gasteiger partial charge in [0.15, 0.2) is 11.7 Å². The van der Waals surface area contributed by atoms with Gasteiger partial charge in [-0.25, -0.2) is 0 Å². The van der Waals surface area contributed by atoms with Gasteiger partial charge in [-0.15, -0.1) is 0 Å². The molecular weight excluding hydrogens is 292 g/mol. The fourth-order valence-electron chi connectivity index (χ4n) is 3.31. The number of halogens is 1. The summed E-state index contributed by atoms with van der Waals surface area (Å²) in [5.74, 6) is -0.717. The smallest absolute Gasteiger partial charge is 0.316 e. The summed E-state index contributed by atoms with van der Waals surface area (Å²) in [6, 6.07) is 7.02. The van der Waals surface area contributed by atoms with Crippen LogP contribution in [0.1, 0.15) is 33.3 Å². The van der Waals surface area contributed by atoms with Crippen LogP contribution in [0.2, 0.25) is 5.02 Å². The molecule has 0 radical (unpaired) electrons. The van der Waals surface area contributed by atoms with E-state index in [2.05, 4.69) is 0 Å². The lowest BCUT2D eigenvalue weighted by molar-refractivity contribution is -0.166. The summed E-state index contributed by atoms with van der Waals surface area (Å²) in [4.78, 5) is 24.6. The Morgan fingerprint density at radius 2 is 1.57 bits per heavy atom. The van der Waals surface area contributed by atoms with Crippen LogP contribution < -0.4 is 0 Å². The van der Waals surface area contributed by atoms with Gasteiger partial charge in [-0.3, -0.25) is 9.59 Å². The first-order chi connectivity index (χ1) is 9.64. The highest BCUT2D eigenvalue weighted by Gasteiger charge is 2.75. The van der Waals surface area contributed by atoms with Crippen LogP contribution in [0.15, 0.2) is 24.3 Å². The number of carbonyl (C=O) groups excluding carboxylic acids is 2. The van der Waals surface area contributed by atoms with Gasteiger partial charge in [0, 0.05) is 10.6 Å². The van der Waals surface area contributed by atoms with Crippen LogP contribution >= 0.6 is 11.6 Å². The summed E-state index contributed by atoms with van der Waals surface area (Å²) in [6.45, 7) is 6.98. The third-order valence-corrected chi connectivity index (χ3v) is 4.99. The van der Waals surface area contributed by atoms with Crippen LogP contribution in [0.25, 0.3) is 0 Å². The molecule has 0 bridgehead atoms. The monoisotopic (exact) mass is 308 g/mol. The highest BCUT2D eigenvalue weighted by Crippen LogP contribution is 2.61. The predicted octanol–water partition coefficient (Wildman–Crippen LogP) is 3.07. The first-order valence-electron chi connectivity index (χ1n) is 6.84. The Balaban J connectivity index is 2.26. The largest absolute Gasteiger partial charge is 0.456 e. The lowest BCUT2D eigenvalue weighted by atomic mass is 9.66. The van der Waals surface area contributed by atoms with Crippen molar-refractivity contribution >= 4 is 23.5 Å². The molecule has 4 nitrogen and oxygen atoms in total. The average molecular weight is 309 g/mol. The van der Waals surface area contributed by atoms with E-state index in [-0.39, 0.29) is 11.9 Å². The van der Waals surface area contributed by atoms with Crippen molar-refractivity contribution in [1.82, 2.24) is 0 Å². The van der Waals surface area contributed by atoms with E-state index in [0.717, 1.165) is 5.56 Å². The Morgan fingerprint density at radius 3 is 2.14 bits per heavy atom. The Hall–Kier alpha value is -1.55. The summed E-state index contributed by atoms with van der Waals surface area (Å²) >= 11 is 5.94. The van der Waals surface area contributed by atoms with Crippen LogP contribution in [-0.4, -0.2) is 18.0 Å². The molecule has 2 aliphatic heterocycles. The summed E-state index contributed by atoms with van der Waals surface area (Å²) in [7, 11) is 0. The van der Waals surface area contributed by atoms with E-state index in [1.807, 2.05) is 0 Å². The van der Waals surface area contributed by atoms with Gasteiger partial charge in [-0.2, -0.15) is 0 Å². The molecule has 0 N–H and O–H groups in total. The lowest BCUT2D eigenvalue weighted by Gasteiger charge is -2.36. The molecule has 0 aromatic heterocycles. The number of carbonyl (C=O) groups is 2. The van der Waals surface area contributed by atoms with Crippen molar-refractivity contribution in [3.05, 3.63) is 34.9 Å². The number of rotatable bonds is 1. The zero-order valence-corrected chi connectivity index (χ0v) is 13.2. The molecule has 0 aliphatic carbocycles. The van der Waals surface area contributed by atoms with Gasteiger partial charge < -0.3 is 9.47 Å². The summed E-state index contributed by atoms with van der Waals surface area (Å²) in [6.07, 6.45) is -0.652. The van der Waals surface area contributed by atoms with Crippen molar-refractivity contribution in [3.8, 4) is 0 Å². The highest BCUT2D eigenvalue weighted by molar-refractivity contribution is 6.30. The van der Waals surface area contributed by atoms with E-state index in [9.17, 15) is 9.59 Å². The second-order valence-corrected chi connectivity index (χ2v) is 7.20. The topological polar surface area (TPSA) is 52.6 Å². The number of hydrogen-bond donors (Lipinski definition) is 0. The number of esters is 2. The van der Waals surface area contributed by atoms with E-state index in [1.54, 1.807) is 52.0 Å². The van der Waals surface area contributed by atoms with Crippen LogP contribution in [0.3, 0.4) is 0 Å². The molecule has 5 heteroatoms. The Kier molecular flexibility index (Phi) is 2.74. The normalized spacial score (nSPS) is 32.5. The number of fused-ring (bicyclic) bond motifs is 1. The summed E-state index contributed by atoms with van der Waals surface area (Å²) in [5, 5.41) is 0.582. The van der Waals surface area contributed by atoms with Crippen molar-refractivity contribution in [3.63, 3.8) is 0 Å². The zero-order chi connectivity index (χ0) is 15.6. The van der Waals surface area contributed by atoms with Crippen molar-refractivity contribution in [1.29, 1.82) is 0 Å². The molecule has 2 aliphatic rings. The SMILES string of the molecule is CC1(C)C(=O)O[C@@]2(c3ccc(Cl)cc3)[C@H]1OC(=O)C2(C)C. The minimum absolute atomic E-state index is 0.358. The van der Waals surface area contributed by atoms with Crippen LogP contribution in [0.4, 0.5) is 0 Å². The van der Waals surface area contributed by atoms with Gasteiger partial charge in [0.25, 0.3) is 0 Å². The van der Waals surface area contributed by atoms with Gasteiger partial charge in [0.1, 0.15) is 10.8 Å². The van der Waals surface area contributed by atoms with Gasteiger partial charge in [0.05, 0.1) is 0 Å². The maximum atomic E-state index is 12.3. The fraction of sp³-hybridized carbons (Fsp3) is 0.500. The van der Waals surface area contributed by atoms with Crippen molar-refractivity contribution < 1.29 is 19.1 Å². The molecule has 3 rings (SSSR count). The first kappa shape index (κ1) is 14.4. The van der Waals surface area contributed by atoms with Crippen LogP contribution in [-0.2, 0) is 24.7 Å². The third-order valence-electron chi connectivity index (χ3n) is 4.74. The van der Waals surface area contributed by atoms with E-state index in [0.29, 0.717) is 5.02 Å². The fourth-order valence-corrected chi connectivity index (χ4v) is 3.43. The molecule has 2 saturated heterocycles. The number of ether oxygens (including phenoxy) is 2. The Labute approximate surface area is 128 Å². The van der Waals surface area contributed by atoms with Crippen molar-refractivity contribution in [2.75, 3.05) is 0 Å². The van der Waals surface area contributed by atoms with E-state index in [4.69, 9.17) is 21.1 Å². The quantitative estimate of drug-likeness (QED) is 0.748. The Bertz CT molecular complexity index is 630. The number of hydrogen-bond acceptors (Lipinski definition) is 4. The second-order valence-electron chi connectivity index (χ2n) is 6.76. The summed E-state index contributed by atoms with van der Waals surface area (Å²) < 4.78 is 11.3. The van der Waals surface area contributed by atoms with Crippen molar-refractivity contribution in [2.45, 2.75) is 39.4 Å². The maximum absolute atomic E-state index is 12.3. The minimum atomic E-state index is -1.12. The highest BCUT2D eigenvalue weighted by atomic mass is 35.5. The molecule has 0 unspecified atom stereocenters. The molecule has 2 atom stereocenters. The standard InChI is InChI=1S/C16H17ClO4/c1-14(2)11-16(21-12(14)18,15(3,4)13(19)20-11)9-5-7-10(17)8-6-9/h5-8,11H,1-4H3/t11-,16-/m0/s1. The van der Waals surface area contributed by atoms with E-state index >= 15 is 0 Å². The first-order valence-corrected chi connectivity index (χ1v) is 7.22. The average Bonchev–Trinajstić information content (AvgIpc) is 2.73. The van der Waals surface area contributed by atoms with Gasteiger partial charge in [-0.1, -0.05) is 23.7 Å². The van der Waals surface area contributed by atoms with Crippen molar-refractivity contribution in [2.24, 2.45) is 10.8 Å². The lowest BCUT2D eigenvalue weighted by Crippen LogP contribution is -2.47. The minimum Gasteiger partial charge on any atom is -0.456 e. The van der Waals surface area contributed by atoms with Crippen LogP contribution in [0.5, 0.6) is 0 Å². The zero-order valence-electron chi connectivity index (χ0n) is 12.4. The van der Waals surface area contributed by atoms with E-state index in [1.165, 1.54) is 0 Å². The van der Waals surface area contributed by atoms with Crippen LogP contribution in [0, 0.1) is 10.8 Å². The molecule has 2 heterocycles.